The zero-order chi connectivity index (χ0) is 14.1. The van der Waals surface area contributed by atoms with Gasteiger partial charge in [-0.3, -0.25) is 19.3 Å². The van der Waals surface area contributed by atoms with E-state index in [0.717, 1.165) is 13.0 Å². The van der Waals surface area contributed by atoms with Crippen molar-refractivity contribution in [1.82, 2.24) is 15.3 Å². The Bertz CT molecular complexity index is 700. The molecule has 2 heterocycles. The van der Waals surface area contributed by atoms with Crippen LogP contribution in [0, 0.1) is 10.1 Å². The Morgan fingerprint density at radius 3 is 2.95 bits per heavy atom. The Labute approximate surface area is 117 Å². The number of nitro benzene ring substituents is 1. The fourth-order valence-electron chi connectivity index (χ4n) is 2.17. The van der Waals surface area contributed by atoms with Crippen molar-refractivity contribution in [3.8, 4) is 0 Å². The van der Waals surface area contributed by atoms with Gasteiger partial charge in [0.2, 0.25) is 0 Å². The first-order chi connectivity index (χ1) is 9.65. The maximum atomic E-state index is 12.3. The first-order valence-electron chi connectivity index (χ1n) is 6.17. The number of hydrogen-bond acceptors (Lipinski definition) is 6. The summed E-state index contributed by atoms with van der Waals surface area (Å²) in [5.41, 5.74) is 0.928. The standard InChI is InChI=1S/C12H12N4O3S/c17-16(18)8-1-2-10-11(5-8)14-7-12(15-10)20(19)9-3-4-13-6-9/h1-2,5,7,9,13H,3-4,6H2/t9-,20+/m0/s1. The minimum Gasteiger partial charge on any atom is -0.315 e. The molecule has 2 atom stereocenters. The average molecular weight is 292 g/mol. The van der Waals surface area contributed by atoms with E-state index in [0.29, 0.717) is 22.6 Å². The highest BCUT2D eigenvalue weighted by Crippen LogP contribution is 2.20. The Hall–Kier alpha value is -1.93. The molecule has 1 aromatic carbocycles. The fraction of sp³-hybridized carbons (Fsp3) is 0.333. The van der Waals surface area contributed by atoms with Crippen LogP contribution in [0.5, 0.6) is 0 Å². The summed E-state index contributed by atoms with van der Waals surface area (Å²) in [5.74, 6) is 0. The van der Waals surface area contributed by atoms with Crippen LogP contribution in [0.3, 0.4) is 0 Å². The Kier molecular flexibility index (Phi) is 3.41. The molecular weight excluding hydrogens is 280 g/mol. The number of aromatic nitrogens is 2. The monoisotopic (exact) mass is 292 g/mol. The Morgan fingerprint density at radius 2 is 2.25 bits per heavy atom. The van der Waals surface area contributed by atoms with Crippen molar-refractivity contribution in [2.75, 3.05) is 13.1 Å². The van der Waals surface area contributed by atoms with Gasteiger partial charge in [0.15, 0.2) is 0 Å². The maximum absolute atomic E-state index is 12.3. The SMILES string of the molecule is O=[N+]([O-])c1ccc2nc([S@](=O)[C@H]3CCNC3)cnc2c1. The molecular formula is C12H12N4O3S. The zero-order valence-corrected chi connectivity index (χ0v) is 11.3. The summed E-state index contributed by atoms with van der Waals surface area (Å²) in [5, 5.41) is 14.3. The van der Waals surface area contributed by atoms with Crippen LogP contribution in [0.1, 0.15) is 6.42 Å². The quantitative estimate of drug-likeness (QED) is 0.669. The molecule has 0 saturated carbocycles. The number of nitrogens with zero attached hydrogens (tertiary/aromatic N) is 3. The lowest BCUT2D eigenvalue weighted by molar-refractivity contribution is -0.384. The summed E-state index contributed by atoms with van der Waals surface area (Å²) in [6, 6.07) is 4.28. The Morgan fingerprint density at radius 1 is 1.40 bits per heavy atom. The van der Waals surface area contributed by atoms with Gasteiger partial charge in [-0.1, -0.05) is 0 Å². The first kappa shape index (κ1) is 13.1. The molecule has 1 N–H and O–H groups in total. The van der Waals surface area contributed by atoms with Crippen molar-refractivity contribution in [3.05, 3.63) is 34.5 Å². The van der Waals surface area contributed by atoms with Crippen molar-refractivity contribution in [3.63, 3.8) is 0 Å². The summed E-state index contributed by atoms with van der Waals surface area (Å²) in [6.45, 7) is 1.58. The molecule has 0 bridgehead atoms. The van der Waals surface area contributed by atoms with Crippen LogP contribution in [-0.2, 0) is 10.8 Å². The molecule has 2 aromatic rings. The summed E-state index contributed by atoms with van der Waals surface area (Å²) in [4.78, 5) is 18.7. The van der Waals surface area contributed by atoms with Crippen LogP contribution in [0.15, 0.2) is 29.4 Å². The van der Waals surface area contributed by atoms with Crippen LogP contribution >= 0.6 is 0 Å². The lowest BCUT2D eigenvalue weighted by atomic mass is 10.3. The molecule has 0 amide bonds. The number of nitro groups is 1. The smallest absolute Gasteiger partial charge is 0.271 e. The highest BCUT2D eigenvalue weighted by molar-refractivity contribution is 7.85. The van der Waals surface area contributed by atoms with Gasteiger partial charge in [-0.25, -0.2) is 4.98 Å². The van der Waals surface area contributed by atoms with Crippen LogP contribution in [0.25, 0.3) is 11.0 Å². The normalized spacial score (nSPS) is 20.1. The largest absolute Gasteiger partial charge is 0.315 e. The number of non-ortho nitro benzene ring substituents is 1. The number of hydrogen-bond donors (Lipinski definition) is 1. The lowest BCUT2D eigenvalue weighted by Crippen LogP contribution is -2.19. The molecule has 20 heavy (non-hydrogen) atoms. The number of benzene rings is 1. The third kappa shape index (κ3) is 2.39. The van der Waals surface area contributed by atoms with E-state index in [1.54, 1.807) is 0 Å². The van der Waals surface area contributed by atoms with Gasteiger partial charge in [-0.15, -0.1) is 0 Å². The maximum Gasteiger partial charge on any atom is 0.271 e. The van der Waals surface area contributed by atoms with E-state index in [-0.39, 0.29) is 10.9 Å². The van der Waals surface area contributed by atoms with E-state index < -0.39 is 15.7 Å². The second-order valence-electron chi connectivity index (χ2n) is 4.55. The molecule has 1 aliphatic rings. The molecule has 0 unspecified atom stereocenters. The summed E-state index contributed by atoms with van der Waals surface area (Å²) >= 11 is 0. The highest BCUT2D eigenvalue weighted by atomic mass is 32.2. The predicted molar refractivity (Wildman–Crippen MR) is 73.9 cm³/mol. The third-order valence-electron chi connectivity index (χ3n) is 3.24. The van der Waals surface area contributed by atoms with Gasteiger partial charge in [0.1, 0.15) is 5.03 Å². The molecule has 7 nitrogen and oxygen atoms in total. The van der Waals surface area contributed by atoms with Gasteiger partial charge < -0.3 is 5.32 Å². The van der Waals surface area contributed by atoms with Crippen molar-refractivity contribution in [2.45, 2.75) is 16.7 Å². The van der Waals surface area contributed by atoms with Crippen molar-refractivity contribution in [2.24, 2.45) is 0 Å². The Balaban J connectivity index is 1.96. The minimum atomic E-state index is -1.20. The van der Waals surface area contributed by atoms with E-state index >= 15 is 0 Å². The topological polar surface area (TPSA) is 98.0 Å². The molecule has 1 fully saturated rings. The molecule has 0 spiro atoms. The third-order valence-corrected chi connectivity index (χ3v) is 4.86. The van der Waals surface area contributed by atoms with E-state index in [4.69, 9.17) is 0 Å². The molecule has 1 saturated heterocycles. The molecule has 8 heteroatoms. The van der Waals surface area contributed by atoms with Crippen LogP contribution in [0.2, 0.25) is 0 Å². The zero-order valence-electron chi connectivity index (χ0n) is 10.5. The van der Waals surface area contributed by atoms with E-state index in [1.165, 1.54) is 24.4 Å². The van der Waals surface area contributed by atoms with E-state index in [9.17, 15) is 14.3 Å². The second kappa shape index (κ2) is 5.22. The van der Waals surface area contributed by atoms with Crippen LogP contribution in [0.4, 0.5) is 5.69 Å². The van der Waals surface area contributed by atoms with Gasteiger partial charge >= 0.3 is 0 Å². The summed E-state index contributed by atoms with van der Waals surface area (Å²) in [6.07, 6.45) is 2.30. The van der Waals surface area contributed by atoms with Crippen LogP contribution in [-0.4, -0.2) is 37.4 Å². The first-order valence-corrected chi connectivity index (χ1v) is 7.39. The second-order valence-corrected chi connectivity index (χ2v) is 6.23. The van der Waals surface area contributed by atoms with Crippen LogP contribution < -0.4 is 5.32 Å². The fourth-order valence-corrected chi connectivity index (χ4v) is 3.46. The van der Waals surface area contributed by atoms with Gasteiger partial charge in [0.25, 0.3) is 5.69 Å². The van der Waals surface area contributed by atoms with Crippen molar-refractivity contribution in [1.29, 1.82) is 0 Å². The molecule has 104 valence electrons. The lowest BCUT2D eigenvalue weighted by Gasteiger charge is -2.07. The highest BCUT2D eigenvalue weighted by Gasteiger charge is 2.23. The summed E-state index contributed by atoms with van der Waals surface area (Å²) in [7, 11) is -1.20. The molecule has 1 aliphatic heterocycles. The van der Waals surface area contributed by atoms with E-state index in [2.05, 4.69) is 15.3 Å². The van der Waals surface area contributed by atoms with Crippen molar-refractivity contribution >= 4 is 27.5 Å². The van der Waals surface area contributed by atoms with E-state index in [1.807, 2.05) is 0 Å². The van der Waals surface area contributed by atoms with Gasteiger partial charge in [-0.05, 0) is 19.0 Å². The van der Waals surface area contributed by atoms with Gasteiger partial charge in [0, 0.05) is 18.7 Å². The number of rotatable bonds is 3. The average Bonchev–Trinajstić information content (AvgIpc) is 2.99. The molecule has 3 rings (SSSR count). The number of nitrogens with one attached hydrogen (secondary N) is 1. The summed E-state index contributed by atoms with van der Waals surface area (Å²) < 4.78 is 12.3. The predicted octanol–water partition coefficient (Wildman–Crippen LogP) is 1.01. The molecule has 1 aromatic heterocycles. The minimum absolute atomic E-state index is 0.0272. The number of fused-ring (bicyclic) bond motifs is 1. The van der Waals surface area contributed by atoms with Gasteiger partial charge in [-0.2, -0.15) is 0 Å². The molecule has 0 radical (unpaired) electrons. The van der Waals surface area contributed by atoms with Crippen molar-refractivity contribution < 1.29 is 9.13 Å². The molecule has 0 aliphatic carbocycles. The van der Waals surface area contributed by atoms with Gasteiger partial charge in [0.05, 0.1) is 38.2 Å².